The zero-order valence-corrected chi connectivity index (χ0v) is 15.5. The SMILES string of the molecule is CC(C)C1(C(=O)O)CCN(C(=O)CSc2ccc(Cl)cc2[N+](=O)[O-])C1. The minimum atomic E-state index is -0.924. The van der Waals surface area contributed by atoms with Gasteiger partial charge in [0.2, 0.25) is 5.91 Å². The summed E-state index contributed by atoms with van der Waals surface area (Å²) in [7, 11) is 0. The molecule has 1 unspecified atom stereocenters. The van der Waals surface area contributed by atoms with E-state index < -0.39 is 16.3 Å². The first-order chi connectivity index (χ1) is 11.7. The zero-order chi connectivity index (χ0) is 18.8. The quantitative estimate of drug-likeness (QED) is 0.457. The van der Waals surface area contributed by atoms with Crippen LogP contribution >= 0.6 is 23.4 Å². The van der Waals surface area contributed by atoms with Crippen molar-refractivity contribution < 1.29 is 19.6 Å². The van der Waals surface area contributed by atoms with Crippen molar-refractivity contribution in [2.24, 2.45) is 11.3 Å². The van der Waals surface area contributed by atoms with E-state index in [4.69, 9.17) is 11.6 Å². The number of nitro benzene ring substituents is 1. The number of aliphatic carboxylic acids is 1. The fourth-order valence-corrected chi connectivity index (χ4v) is 4.00. The number of nitro groups is 1. The molecule has 1 aliphatic heterocycles. The third-order valence-corrected chi connectivity index (χ3v) is 5.94. The number of carbonyl (C=O) groups excluding carboxylic acids is 1. The molecular weight excluding hydrogens is 368 g/mol. The summed E-state index contributed by atoms with van der Waals surface area (Å²) in [5.74, 6) is -1.19. The molecule has 7 nitrogen and oxygen atoms in total. The molecule has 0 bridgehead atoms. The van der Waals surface area contributed by atoms with Gasteiger partial charge in [-0.15, -0.1) is 11.8 Å². The van der Waals surface area contributed by atoms with E-state index in [-0.39, 0.29) is 34.8 Å². The van der Waals surface area contributed by atoms with Crippen molar-refractivity contribution in [3.8, 4) is 0 Å². The molecular formula is C16H19ClN2O5S. The Morgan fingerprint density at radius 3 is 2.68 bits per heavy atom. The first-order valence-corrected chi connectivity index (χ1v) is 9.11. The maximum absolute atomic E-state index is 12.4. The second-order valence-corrected chi connectivity index (χ2v) is 7.79. The van der Waals surface area contributed by atoms with Gasteiger partial charge in [0.15, 0.2) is 0 Å². The molecule has 1 aliphatic rings. The highest BCUT2D eigenvalue weighted by atomic mass is 35.5. The van der Waals surface area contributed by atoms with E-state index >= 15 is 0 Å². The normalized spacial score (nSPS) is 20.1. The molecule has 2 rings (SSSR count). The number of nitrogens with zero attached hydrogens (tertiary/aromatic N) is 2. The van der Waals surface area contributed by atoms with E-state index in [2.05, 4.69) is 0 Å². The Bertz CT molecular complexity index is 712. The predicted molar refractivity (Wildman–Crippen MR) is 94.9 cm³/mol. The lowest BCUT2D eigenvalue weighted by Gasteiger charge is -2.28. The van der Waals surface area contributed by atoms with Crippen LogP contribution in [-0.2, 0) is 9.59 Å². The van der Waals surface area contributed by atoms with Gasteiger partial charge in [0.1, 0.15) is 0 Å². The van der Waals surface area contributed by atoms with Crippen LogP contribution < -0.4 is 0 Å². The third kappa shape index (κ3) is 4.07. The van der Waals surface area contributed by atoms with Gasteiger partial charge < -0.3 is 10.0 Å². The molecule has 1 aromatic carbocycles. The number of amides is 1. The number of carbonyl (C=O) groups is 2. The van der Waals surface area contributed by atoms with E-state index in [9.17, 15) is 24.8 Å². The summed E-state index contributed by atoms with van der Waals surface area (Å²) in [5.41, 5.74) is -1.07. The van der Waals surface area contributed by atoms with Gasteiger partial charge in [-0.2, -0.15) is 0 Å². The number of halogens is 1. The highest BCUT2D eigenvalue weighted by Crippen LogP contribution is 2.39. The Kier molecular flexibility index (Phi) is 5.95. The number of hydrogen-bond acceptors (Lipinski definition) is 5. The topological polar surface area (TPSA) is 101 Å². The summed E-state index contributed by atoms with van der Waals surface area (Å²) in [5, 5.41) is 20.9. The van der Waals surface area contributed by atoms with Gasteiger partial charge in [-0.25, -0.2) is 0 Å². The van der Waals surface area contributed by atoms with E-state index in [1.165, 1.54) is 23.1 Å². The summed E-state index contributed by atoms with van der Waals surface area (Å²) < 4.78 is 0. The molecule has 9 heteroatoms. The van der Waals surface area contributed by atoms with Gasteiger partial charge in [-0.05, 0) is 24.5 Å². The van der Waals surface area contributed by atoms with Crippen molar-refractivity contribution in [1.29, 1.82) is 0 Å². The van der Waals surface area contributed by atoms with Gasteiger partial charge >= 0.3 is 5.97 Å². The van der Waals surface area contributed by atoms with Crippen LogP contribution in [0.3, 0.4) is 0 Å². The molecule has 0 aliphatic carbocycles. The Labute approximate surface area is 154 Å². The van der Waals surface area contributed by atoms with Crippen LogP contribution in [0.4, 0.5) is 5.69 Å². The van der Waals surface area contributed by atoms with Crippen molar-refractivity contribution in [3.05, 3.63) is 33.3 Å². The van der Waals surface area contributed by atoms with Crippen LogP contribution in [-0.4, -0.2) is 45.6 Å². The van der Waals surface area contributed by atoms with Gasteiger partial charge in [-0.3, -0.25) is 19.7 Å². The highest BCUT2D eigenvalue weighted by molar-refractivity contribution is 8.00. The van der Waals surface area contributed by atoms with Crippen LogP contribution in [0.25, 0.3) is 0 Å². The molecule has 1 amide bonds. The van der Waals surface area contributed by atoms with Gasteiger partial charge in [-0.1, -0.05) is 25.4 Å². The molecule has 0 saturated carbocycles. The number of hydrogen-bond donors (Lipinski definition) is 1. The van der Waals surface area contributed by atoms with Crippen LogP contribution in [0.15, 0.2) is 23.1 Å². The highest BCUT2D eigenvalue weighted by Gasteiger charge is 2.48. The first kappa shape index (κ1) is 19.5. The molecule has 0 spiro atoms. The maximum Gasteiger partial charge on any atom is 0.311 e. The Balaban J connectivity index is 2.05. The lowest BCUT2D eigenvalue weighted by Crippen LogP contribution is -2.41. The molecule has 136 valence electrons. The fourth-order valence-electron chi connectivity index (χ4n) is 2.92. The molecule has 1 heterocycles. The largest absolute Gasteiger partial charge is 0.481 e. The van der Waals surface area contributed by atoms with Gasteiger partial charge in [0.25, 0.3) is 5.69 Å². The third-order valence-electron chi connectivity index (χ3n) is 4.65. The molecule has 0 aromatic heterocycles. The summed E-state index contributed by atoms with van der Waals surface area (Å²) in [6.45, 7) is 4.23. The molecule has 1 atom stereocenters. The standard InChI is InChI=1S/C16H19ClN2O5S/c1-10(2)16(15(21)22)5-6-18(9-16)14(20)8-25-13-4-3-11(17)7-12(13)19(23)24/h3-4,7,10H,5-6,8-9H2,1-2H3,(H,21,22). The van der Waals surface area contributed by atoms with Crippen LogP contribution in [0.5, 0.6) is 0 Å². The molecule has 1 aromatic rings. The van der Waals surface area contributed by atoms with E-state index in [0.29, 0.717) is 17.9 Å². The maximum atomic E-state index is 12.4. The van der Waals surface area contributed by atoms with Crippen molar-refractivity contribution >= 4 is 40.9 Å². The van der Waals surface area contributed by atoms with Crippen molar-refractivity contribution in [2.75, 3.05) is 18.8 Å². The average molecular weight is 387 g/mol. The van der Waals surface area contributed by atoms with E-state index in [0.717, 1.165) is 11.8 Å². The first-order valence-electron chi connectivity index (χ1n) is 7.75. The van der Waals surface area contributed by atoms with Crippen molar-refractivity contribution in [1.82, 2.24) is 4.90 Å². The summed E-state index contributed by atoms with van der Waals surface area (Å²) in [4.78, 5) is 36.5. The van der Waals surface area contributed by atoms with Crippen LogP contribution in [0.1, 0.15) is 20.3 Å². The molecule has 1 saturated heterocycles. The van der Waals surface area contributed by atoms with E-state index in [1.54, 1.807) is 0 Å². The summed E-state index contributed by atoms with van der Waals surface area (Å²) in [6.07, 6.45) is 0.414. The average Bonchev–Trinajstić information content (AvgIpc) is 3.00. The van der Waals surface area contributed by atoms with Crippen LogP contribution in [0.2, 0.25) is 5.02 Å². The van der Waals surface area contributed by atoms with Crippen molar-refractivity contribution in [3.63, 3.8) is 0 Å². The van der Waals surface area contributed by atoms with Crippen LogP contribution in [0, 0.1) is 21.4 Å². The molecule has 25 heavy (non-hydrogen) atoms. The number of rotatable bonds is 6. The van der Waals surface area contributed by atoms with Crippen molar-refractivity contribution in [2.45, 2.75) is 25.2 Å². The number of benzene rings is 1. The Morgan fingerprint density at radius 2 is 2.16 bits per heavy atom. The molecule has 1 fully saturated rings. The molecule has 1 N–H and O–H groups in total. The van der Waals surface area contributed by atoms with Gasteiger partial charge in [0.05, 0.1) is 21.0 Å². The number of thioether (sulfide) groups is 1. The minimum absolute atomic E-state index is 0.0102. The Hall–Kier alpha value is -1.80. The summed E-state index contributed by atoms with van der Waals surface area (Å²) in [6, 6.07) is 4.29. The predicted octanol–water partition coefficient (Wildman–Crippen LogP) is 3.30. The molecule has 0 radical (unpaired) electrons. The fraction of sp³-hybridized carbons (Fsp3) is 0.500. The minimum Gasteiger partial charge on any atom is -0.481 e. The number of carboxylic acids is 1. The Morgan fingerprint density at radius 1 is 1.48 bits per heavy atom. The number of carboxylic acid groups (broad SMARTS) is 1. The second kappa shape index (κ2) is 7.61. The monoisotopic (exact) mass is 386 g/mol. The van der Waals surface area contributed by atoms with Gasteiger partial charge in [0, 0.05) is 24.2 Å². The number of likely N-dealkylation sites (tertiary alicyclic amines) is 1. The summed E-state index contributed by atoms with van der Waals surface area (Å²) >= 11 is 6.83. The smallest absolute Gasteiger partial charge is 0.311 e. The lowest BCUT2D eigenvalue weighted by molar-refractivity contribution is -0.387. The second-order valence-electron chi connectivity index (χ2n) is 6.34. The zero-order valence-electron chi connectivity index (χ0n) is 13.9. The lowest BCUT2D eigenvalue weighted by atomic mass is 9.76. The van der Waals surface area contributed by atoms with E-state index in [1.807, 2.05) is 13.8 Å².